The van der Waals surface area contributed by atoms with Gasteiger partial charge < -0.3 is 5.73 Å². The molecule has 102 valence electrons. The van der Waals surface area contributed by atoms with E-state index in [0.29, 0.717) is 22.6 Å². The predicted molar refractivity (Wildman–Crippen MR) is 80.4 cm³/mol. The molecule has 0 aliphatic rings. The smallest absolute Gasteiger partial charge is 0.0595 e. The number of nitrogens with zero attached hydrogens (tertiary/aromatic N) is 1. The summed E-state index contributed by atoms with van der Waals surface area (Å²) in [5.74, 6) is 0. The zero-order valence-electron chi connectivity index (χ0n) is 11.3. The molecule has 0 heterocycles. The van der Waals surface area contributed by atoms with E-state index in [-0.39, 0.29) is 6.04 Å². The van der Waals surface area contributed by atoms with Gasteiger partial charge in [0.25, 0.3) is 0 Å². The molecule has 2 atom stereocenters. The van der Waals surface area contributed by atoms with E-state index in [2.05, 4.69) is 25.8 Å². The van der Waals surface area contributed by atoms with E-state index in [1.54, 1.807) is 0 Å². The summed E-state index contributed by atoms with van der Waals surface area (Å²) in [5, 5.41) is 1.17. The van der Waals surface area contributed by atoms with E-state index >= 15 is 0 Å². The zero-order chi connectivity index (χ0) is 13.7. The fourth-order valence-electron chi connectivity index (χ4n) is 2.19. The summed E-state index contributed by atoms with van der Waals surface area (Å²) in [6.45, 7) is 4.99. The SMILES string of the molecule is CCCC(C)N(C)C(CN)c1ccc(Cl)c(Cl)c1. The molecule has 0 bridgehead atoms. The first-order valence-corrected chi connectivity index (χ1v) is 7.13. The van der Waals surface area contributed by atoms with Crippen LogP contribution in [0.25, 0.3) is 0 Å². The van der Waals surface area contributed by atoms with Gasteiger partial charge in [-0.25, -0.2) is 0 Å². The van der Waals surface area contributed by atoms with Crippen LogP contribution < -0.4 is 5.73 Å². The summed E-state index contributed by atoms with van der Waals surface area (Å²) >= 11 is 12.0. The molecule has 0 aromatic heterocycles. The number of hydrogen-bond donors (Lipinski definition) is 1. The molecule has 0 aliphatic heterocycles. The topological polar surface area (TPSA) is 29.3 Å². The molecule has 4 heteroatoms. The molecule has 0 fully saturated rings. The first-order chi connectivity index (χ1) is 8.51. The molecule has 0 aliphatic carbocycles. The van der Waals surface area contributed by atoms with E-state index in [1.807, 2.05) is 18.2 Å². The highest BCUT2D eigenvalue weighted by molar-refractivity contribution is 6.42. The van der Waals surface area contributed by atoms with Crippen molar-refractivity contribution < 1.29 is 0 Å². The third kappa shape index (κ3) is 3.86. The van der Waals surface area contributed by atoms with Gasteiger partial charge in [-0.3, -0.25) is 4.90 Å². The Bertz CT molecular complexity index is 382. The van der Waals surface area contributed by atoms with Crippen LogP contribution in [0.15, 0.2) is 18.2 Å². The lowest BCUT2D eigenvalue weighted by molar-refractivity contribution is 0.180. The number of rotatable bonds is 6. The van der Waals surface area contributed by atoms with Crippen LogP contribution in [0.3, 0.4) is 0 Å². The van der Waals surface area contributed by atoms with Crippen molar-refractivity contribution in [3.8, 4) is 0 Å². The minimum Gasteiger partial charge on any atom is -0.329 e. The molecule has 0 amide bonds. The van der Waals surface area contributed by atoms with Gasteiger partial charge in [-0.05, 0) is 38.1 Å². The van der Waals surface area contributed by atoms with E-state index in [0.717, 1.165) is 12.0 Å². The van der Waals surface area contributed by atoms with Gasteiger partial charge in [0, 0.05) is 18.6 Å². The van der Waals surface area contributed by atoms with Crippen molar-refractivity contribution in [2.45, 2.75) is 38.8 Å². The third-order valence-electron chi connectivity index (χ3n) is 3.45. The molecule has 2 N–H and O–H groups in total. The quantitative estimate of drug-likeness (QED) is 0.853. The van der Waals surface area contributed by atoms with Crippen LogP contribution in [0.5, 0.6) is 0 Å². The summed E-state index contributed by atoms with van der Waals surface area (Å²) in [4.78, 5) is 2.31. The highest BCUT2D eigenvalue weighted by Crippen LogP contribution is 2.28. The summed E-state index contributed by atoms with van der Waals surface area (Å²) in [6.07, 6.45) is 2.33. The number of halogens is 2. The van der Waals surface area contributed by atoms with Gasteiger partial charge in [-0.1, -0.05) is 42.6 Å². The lowest BCUT2D eigenvalue weighted by Crippen LogP contribution is -2.37. The average Bonchev–Trinajstić information content (AvgIpc) is 2.34. The molecule has 0 saturated heterocycles. The molecule has 0 spiro atoms. The lowest BCUT2D eigenvalue weighted by atomic mass is 10.0. The summed E-state index contributed by atoms with van der Waals surface area (Å²) in [5.41, 5.74) is 7.03. The second kappa shape index (κ2) is 7.34. The van der Waals surface area contributed by atoms with E-state index in [1.165, 1.54) is 6.42 Å². The summed E-state index contributed by atoms with van der Waals surface area (Å²) < 4.78 is 0. The van der Waals surface area contributed by atoms with Crippen molar-refractivity contribution in [3.63, 3.8) is 0 Å². The van der Waals surface area contributed by atoms with Gasteiger partial charge in [0.2, 0.25) is 0 Å². The maximum absolute atomic E-state index is 6.07. The van der Waals surface area contributed by atoms with Crippen LogP contribution in [0.4, 0.5) is 0 Å². The Kier molecular flexibility index (Phi) is 6.44. The summed E-state index contributed by atoms with van der Waals surface area (Å²) in [6, 6.07) is 6.43. The van der Waals surface area contributed by atoms with Crippen LogP contribution in [0.2, 0.25) is 10.0 Å². The van der Waals surface area contributed by atoms with Gasteiger partial charge in [-0.15, -0.1) is 0 Å². The van der Waals surface area contributed by atoms with Crippen LogP contribution in [0, 0.1) is 0 Å². The number of likely N-dealkylation sites (N-methyl/N-ethyl adjacent to an activating group) is 1. The van der Waals surface area contributed by atoms with Gasteiger partial charge >= 0.3 is 0 Å². The van der Waals surface area contributed by atoms with Gasteiger partial charge in [0.05, 0.1) is 10.0 Å². The molecule has 1 aromatic rings. The highest BCUT2D eigenvalue weighted by atomic mass is 35.5. The highest BCUT2D eigenvalue weighted by Gasteiger charge is 2.20. The van der Waals surface area contributed by atoms with Crippen molar-refractivity contribution in [2.75, 3.05) is 13.6 Å². The van der Waals surface area contributed by atoms with Crippen molar-refractivity contribution in [1.82, 2.24) is 4.90 Å². The zero-order valence-corrected chi connectivity index (χ0v) is 12.8. The molecule has 2 nitrogen and oxygen atoms in total. The number of hydrogen-bond acceptors (Lipinski definition) is 2. The molecule has 0 radical (unpaired) electrons. The van der Waals surface area contributed by atoms with Gasteiger partial charge in [0.1, 0.15) is 0 Å². The Morgan fingerprint density at radius 3 is 2.44 bits per heavy atom. The molecular weight excluding hydrogens is 267 g/mol. The Hall–Kier alpha value is -0.280. The largest absolute Gasteiger partial charge is 0.329 e. The normalized spacial score (nSPS) is 14.8. The first kappa shape index (κ1) is 15.8. The third-order valence-corrected chi connectivity index (χ3v) is 4.18. The second-order valence-corrected chi connectivity index (χ2v) is 5.54. The lowest BCUT2D eigenvalue weighted by Gasteiger charge is -2.33. The molecular formula is C14H22Cl2N2. The fraction of sp³-hybridized carbons (Fsp3) is 0.571. The molecule has 2 unspecified atom stereocenters. The van der Waals surface area contributed by atoms with Crippen LogP contribution >= 0.6 is 23.2 Å². The van der Waals surface area contributed by atoms with E-state index in [9.17, 15) is 0 Å². The Morgan fingerprint density at radius 2 is 1.94 bits per heavy atom. The van der Waals surface area contributed by atoms with Crippen molar-refractivity contribution in [3.05, 3.63) is 33.8 Å². The van der Waals surface area contributed by atoms with Crippen LogP contribution in [-0.2, 0) is 0 Å². The van der Waals surface area contributed by atoms with Gasteiger partial charge in [-0.2, -0.15) is 0 Å². The Balaban J connectivity index is 2.91. The Labute approximate surface area is 120 Å². The monoisotopic (exact) mass is 288 g/mol. The van der Waals surface area contributed by atoms with Crippen molar-refractivity contribution in [1.29, 1.82) is 0 Å². The van der Waals surface area contributed by atoms with Crippen molar-refractivity contribution >= 4 is 23.2 Å². The minimum absolute atomic E-state index is 0.182. The number of benzene rings is 1. The summed E-state index contributed by atoms with van der Waals surface area (Å²) in [7, 11) is 2.11. The van der Waals surface area contributed by atoms with Crippen LogP contribution in [-0.4, -0.2) is 24.5 Å². The van der Waals surface area contributed by atoms with E-state index in [4.69, 9.17) is 28.9 Å². The minimum atomic E-state index is 0.182. The van der Waals surface area contributed by atoms with Gasteiger partial charge in [0.15, 0.2) is 0 Å². The fourth-order valence-corrected chi connectivity index (χ4v) is 2.49. The maximum atomic E-state index is 6.07. The predicted octanol–water partition coefficient (Wildman–Crippen LogP) is 4.11. The van der Waals surface area contributed by atoms with Crippen LogP contribution in [0.1, 0.15) is 38.3 Å². The number of nitrogens with two attached hydrogens (primary N) is 1. The van der Waals surface area contributed by atoms with E-state index < -0.39 is 0 Å². The molecule has 18 heavy (non-hydrogen) atoms. The standard InChI is InChI=1S/C14H22Cl2N2/c1-4-5-10(2)18(3)14(9-17)11-6-7-12(15)13(16)8-11/h6-8,10,14H,4-5,9,17H2,1-3H3. The average molecular weight is 289 g/mol. The Morgan fingerprint density at radius 1 is 1.28 bits per heavy atom. The first-order valence-electron chi connectivity index (χ1n) is 6.38. The molecule has 0 saturated carbocycles. The molecule has 1 aromatic carbocycles. The maximum Gasteiger partial charge on any atom is 0.0595 e. The van der Waals surface area contributed by atoms with Crippen molar-refractivity contribution in [2.24, 2.45) is 5.73 Å². The second-order valence-electron chi connectivity index (χ2n) is 4.73. The molecule has 1 rings (SSSR count).